The minimum Gasteiger partial charge on any atom is -0.741 e. The summed E-state index contributed by atoms with van der Waals surface area (Å²) < 4.78 is 66.4. The van der Waals surface area contributed by atoms with Crippen molar-refractivity contribution in [2.45, 2.75) is 5.51 Å². The van der Waals surface area contributed by atoms with E-state index in [1.165, 1.54) is 0 Å². The average Bonchev–Trinajstić information content (AvgIpc) is 2.71. The molecule has 0 saturated heterocycles. The topological polar surface area (TPSA) is 103 Å². The SMILES string of the molecule is CNc1ccc2cc3cc(-c4cc[n+](C)cc4)c(=O)oc3cc2c1.O=S(=O)([O-])C(F)(F)F. The van der Waals surface area contributed by atoms with Crippen molar-refractivity contribution in [2.24, 2.45) is 7.05 Å². The number of rotatable bonds is 2. The fourth-order valence-corrected chi connectivity index (χ4v) is 2.90. The molecular formula is C21H17F3N2O5S. The Hall–Kier alpha value is -3.44. The van der Waals surface area contributed by atoms with Crippen LogP contribution >= 0.6 is 0 Å². The molecule has 4 rings (SSSR count). The van der Waals surface area contributed by atoms with Crippen LogP contribution in [0.25, 0.3) is 32.9 Å². The van der Waals surface area contributed by atoms with Gasteiger partial charge >= 0.3 is 11.1 Å². The lowest BCUT2D eigenvalue weighted by molar-refractivity contribution is -0.671. The standard InChI is InChI=1S/C20H16N2O2.CHF3O3S/c1-21-17-4-3-14-9-16-11-18(13-5-7-22(2)8-6-13)20(23)24-19(16)12-15(14)10-17;2-1(3,4)8(5,6)7/h3-12H,1-2H3;(H,5,6,7). The zero-order valence-corrected chi connectivity index (χ0v) is 17.6. The summed E-state index contributed by atoms with van der Waals surface area (Å²) in [5.74, 6) is 0. The summed E-state index contributed by atoms with van der Waals surface area (Å²) in [4.78, 5) is 12.4. The third-order valence-electron chi connectivity index (χ3n) is 4.55. The fraction of sp³-hybridized carbons (Fsp3) is 0.143. The molecule has 0 unspecified atom stereocenters. The maximum Gasteiger partial charge on any atom is 0.485 e. The molecule has 0 amide bonds. The van der Waals surface area contributed by atoms with Crippen LogP contribution in [0.3, 0.4) is 0 Å². The van der Waals surface area contributed by atoms with Crippen molar-refractivity contribution in [3.8, 4) is 11.1 Å². The number of fused-ring (bicyclic) bond motifs is 2. The van der Waals surface area contributed by atoms with Gasteiger partial charge in [-0.15, -0.1) is 0 Å². The first-order valence-corrected chi connectivity index (χ1v) is 10.5. The van der Waals surface area contributed by atoms with E-state index in [2.05, 4.69) is 17.4 Å². The predicted molar refractivity (Wildman–Crippen MR) is 112 cm³/mol. The van der Waals surface area contributed by atoms with Crippen molar-refractivity contribution in [3.63, 3.8) is 0 Å². The molecule has 0 atom stereocenters. The van der Waals surface area contributed by atoms with Gasteiger partial charge in [0.1, 0.15) is 12.6 Å². The molecule has 0 aliphatic rings. The van der Waals surface area contributed by atoms with Crippen molar-refractivity contribution >= 4 is 37.5 Å². The molecule has 0 spiro atoms. The van der Waals surface area contributed by atoms with Gasteiger partial charge in [-0.2, -0.15) is 13.2 Å². The van der Waals surface area contributed by atoms with Crippen molar-refractivity contribution in [3.05, 3.63) is 71.3 Å². The van der Waals surface area contributed by atoms with Crippen molar-refractivity contribution in [1.82, 2.24) is 0 Å². The normalized spacial score (nSPS) is 11.8. The number of aryl methyl sites for hydroxylation is 1. The highest BCUT2D eigenvalue weighted by molar-refractivity contribution is 7.86. The Morgan fingerprint density at radius 3 is 2.16 bits per heavy atom. The average molecular weight is 466 g/mol. The number of anilines is 1. The van der Waals surface area contributed by atoms with E-state index >= 15 is 0 Å². The molecule has 0 radical (unpaired) electrons. The highest BCUT2D eigenvalue weighted by Gasteiger charge is 2.36. The Kier molecular flexibility index (Phi) is 6.24. The molecule has 0 aliphatic heterocycles. The van der Waals surface area contributed by atoms with Crippen molar-refractivity contribution in [1.29, 1.82) is 0 Å². The van der Waals surface area contributed by atoms with Gasteiger partial charge in [0, 0.05) is 35.8 Å². The number of alkyl halides is 3. The molecule has 0 saturated carbocycles. The number of nitrogens with one attached hydrogen (secondary N) is 1. The number of pyridine rings is 1. The highest BCUT2D eigenvalue weighted by Crippen LogP contribution is 2.27. The first-order chi connectivity index (χ1) is 14.9. The van der Waals surface area contributed by atoms with Crippen molar-refractivity contribution < 1.29 is 35.1 Å². The zero-order chi connectivity index (χ0) is 23.7. The number of hydrogen-bond acceptors (Lipinski definition) is 6. The Morgan fingerprint density at radius 2 is 1.59 bits per heavy atom. The van der Waals surface area contributed by atoms with E-state index in [4.69, 9.17) is 17.4 Å². The van der Waals surface area contributed by atoms with Gasteiger partial charge in [0.15, 0.2) is 22.5 Å². The molecule has 2 heterocycles. The van der Waals surface area contributed by atoms with Crippen LogP contribution in [-0.2, 0) is 17.2 Å². The van der Waals surface area contributed by atoms with E-state index < -0.39 is 15.6 Å². The van der Waals surface area contributed by atoms with E-state index in [0.29, 0.717) is 11.1 Å². The van der Waals surface area contributed by atoms with Gasteiger partial charge in [-0.3, -0.25) is 0 Å². The molecule has 32 heavy (non-hydrogen) atoms. The molecule has 168 valence electrons. The van der Waals surface area contributed by atoms with Crippen molar-refractivity contribution in [2.75, 3.05) is 12.4 Å². The monoisotopic (exact) mass is 466 g/mol. The first-order valence-electron chi connectivity index (χ1n) is 9.06. The summed E-state index contributed by atoms with van der Waals surface area (Å²) >= 11 is 0. The maximum atomic E-state index is 12.4. The lowest BCUT2D eigenvalue weighted by Crippen LogP contribution is -2.25. The van der Waals surface area contributed by atoms with Gasteiger partial charge < -0.3 is 14.3 Å². The third kappa shape index (κ3) is 5.06. The van der Waals surface area contributed by atoms with Gasteiger partial charge in [-0.25, -0.2) is 17.8 Å². The van der Waals surface area contributed by atoms with E-state index in [9.17, 15) is 18.0 Å². The predicted octanol–water partition coefficient (Wildman–Crippen LogP) is 3.53. The van der Waals surface area contributed by atoms with E-state index in [0.717, 1.165) is 27.4 Å². The second-order valence-corrected chi connectivity index (χ2v) is 8.17. The number of benzene rings is 2. The van der Waals surface area contributed by atoms with Crippen LogP contribution in [0.5, 0.6) is 0 Å². The summed E-state index contributed by atoms with van der Waals surface area (Å²) in [6, 6.07) is 15.8. The summed E-state index contributed by atoms with van der Waals surface area (Å²) in [7, 11) is -2.26. The lowest BCUT2D eigenvalue weighted by atomic mass is 10.0. The lowest BCUT2D eigenvalue weighted by Gasteiger charge is -2.08. The molecule has 2 aromatic carbocycles. The van der Waals surface area contributed by atoms with Gasteiger partial charge in [0.2, 0.25) is 0 Å². The summed E-state index contributed by atoms with van der Waals surface area (Å²) in [5.41, 5.74) is -2.90. The molecule has 1 N–H and O–H groups in total. The quantitative estimate of drug-likeness (QED) is 0.159. The van der Waals surface area contributed by atoms with Crippen LogP contribution in [-0.4, -0.2) is 25.5 Å². The third-order valence-corrected chi connectivity index (χ3v) is 5.12. The van der Waals surface area contributed by atoms with Crippen LogP contribution in [0.4, 0.5) is 18.9 Å². The molecule has 0 aliphatic carbocycles. The van der Waals surface area contributed by atoms with Crippen LogP contribution in [0, 0.1) is 0 Å². The summed E-state index contributed by atoms with van der Waals surface area (Å²) in [6.07, 6.45) is 3.83. The van der Waals surface area contributed by atoms with Crippen LogP contribution in [0.1, 0.15) is 0 Å². The van der Waals surface area contributed by atoms with E-state index in [1.807, 2.05) is 67.5 Å². The van der Waals surface area contributed by atoms with Gasteiger partial charge in [-0.05, 0) is 41.1 Å². The van der Waals surface area contributed by atoms with Gasteiger partial charge in [-0.1, -0.05) is 6.07 Å². The summed E-state index contributed by atoms with van der Waals surface area (Å²) in [6.45, 7) is 0. The second-order valence-electron chi connectivity index (χ2n) is 6.80. The molecule has 7 nitrogen and oxygen atoms in total. The first kappa shape index (κ1) is 23.2. The highest BCUT2D eigenvalue weighted by atomic mass is 32.2. The number of nitrogens with zero attached hydrogens (tertiary/aromatic N) is 1. The Bertz CT molecular complexity index is 1450. The molecule has 0 bridgehead atoms. The molecular weight excluding hydrogens is 449 g/mol. The number of aromatic nitrogens is 1. The fourth-order valence-electron chi connectivity index (χ4n) is 2.90. The van der Waals surface area contributed by atoms with Gasteiger partial charge in [0.25, 0.3) is 0 Å². The maximum absolute atomic E-state index is 12.4. The zero-order valence-electron chi connectivity index (χ0n) is 16.8. The molecule has 4 aromatic rings. The van der Waals surface area contributed by atoms with E-state index in [-0.39, 0.29) is 5.63 Å². The molecule has 11 heteroatoms. The van der Waals surface area contributed by atoms with Crippen LogP contribution in [0.15, 0.2) is 70.1 Å². The second kappa shape index (κ2) is 8.60. The largest absolute Gasteiger partial charge is 0.741 e. The van der Waals surface area contributed by atoms with Gasteiger partial charge in [0.05, 0.1) is 5.56 Å². The smallest absolute Gasteiger partial charge is 0.485 e. The van der Waals surface area contributed by atoms with E-state index in [1.54, 1.807) is 0 Å². The Morgan fingerprint density at radius 1 is 0.969 bits per heavy atom. The number of halogens is 3. The van der Waals surface area contributed by atoms with Crippen LogP contribution in [0.2, 0.25) is 0 Å². The Labute approximate surface area is 180 Å². The van der Waals surface area contributed by atoms with Crippen LogP contribution < -0.4 is 15.5 Å². The minimum absolute atomic E-state index is 0.319. The summed E-state index contributed by atoms with van der Waals surface area (Å²) in [5, 5.41) is 6.19. The molecule has 2 aromatic heterocycles. The minimum atomic E-state index is -6.09. The molecule has 0 fully saturated rings. The Balaban J connectivity index is 0.000000312. The number of hydrogen-bond donors (Lipinski definition) is 1.